The molecule has 0 spiro atoms. The first kappa shape index (κ1) is 12.8. The van der Waals surface area contributed by atoms with Crippen molar-refractivity contribution in [1.29, 1.82) is 0 Å². The molecule has 0 bridgehead atoms. The minimum atomic E-state index is -1.03. The lowest BCUT2D eigenvalue weighted by atomic mass is 10.1. The van der Waals surface area contributed by atoms with Crippen LogP contribution in [0.5, 0.6) is 0 Å². The summed E-state index contributed by atoms with van der Waals surface area (Å²) >= 11 is 0. The molecule has 0 heterocycles. The molecule has 0 fully saturated rings. The Kier molecular flexibility index (Phi) is 4.28. The molecular weight excluding hydrogens is 220 g/mol. The normalized spacial score (nSPS) is 10.2. The first-order valence-electron chi connectivity index (χ1n) is 5.03. The second kappa shape index (κ2) is 5.69. The lowest BCUT2D eigenvalue weighted by molar-refractivity contribution is -0.131. The number of carboxylic acid groups (broad SMARTS) is 1. The Labute approximate surface area is 99.1 Å². The van der Waals surface area contributed by atoms with Gasteiger partial charge < -0.3 is 15.7 Å². The second-order valence-corrected chi connectivity index (χ2v) is 3.40. The number of carbonyl (C=O) groups is 2. The van der Waals surface area contributed by atoms with Gasteiger partial charge in [-0.1, -0.05) is 6.07 Å². The Bertz CT molecular complexity index is 467. The molecule has 0 aliphatic carbocycles. The second-order valence-electron chi connectivity index (χ2n) is 3.40. The first-order valence-corrected chi connectivity index (χ1v) is 5.03. The minimum Gasteiger partial charge on any atom is -0.478 e. The summed E-state index contributed by atoms with van der Waals surface area (Å²) in [4.78, 5) is 21.5. The maximum absolute atomic E-state index is 11.0. The summed E-state index contributed by atoms with van der Waals surface area (Å²) in [6.45, 7) is 1.40. The maximum atomic E-state index is 11.0. The van der Waals surface area contributed by atoms with Crippen LogP contribution in [0.4, 0.5) is 11.4 Å². The zero-order valence-corrected chi connectivity index (χ0v) is 9.65. The number of benzene rings is 1. The Morgan fingerprint density at radius 3 is 2.59 bits per heavy atom. The van der Waals surface area contributed by atoms with Crippen LogP contribution >= 0.6 is 0 Å². The van der Waals surface area contributed by atoms with Gasteiger partial charge in [0.2, 0.25) is 5.91 Å². The number of carboxylic acids is 1. The number of aliphatic carboxylic acids is 1. The van der Waals surface area contributed by atoms with Crippen LogP contribution in [-0.2, 0) is 9.59 Å². The number of amides is 1. The minimum absolute atomic E-state index is 0.205. The molecule has 0 aliphatic heterocycles. The van der Waals surface area contributed by atoms with Crippen LogP contribution in [0.2, 0.25) is 0 Å². The molecule has 5 heteroatoms. The molecule has 5 nitrogen and oxygen atoms in total. The third-order valence-corrected chi connectivity index (χ3v) is 2.06. The van der Waals surface area contributed by atoms with Gasteiger partial charge in [0.15, 0.2) is 0 Å². The molecule has 1 rings (SSSR count). The van der Waals surface area contributed by atoms with E-state index < -0.39 is 5.97 Å². The lowest BCUT2D eigenvalue weighted by Crippen LogP contribution is -2.07. The highest BCUT2D eigenvalue weighted by Crippen LogP contribution is 2.22. The van der Waals surface area contributed by atoms with Crippen molar-refractivity contribution in [1.82, 2.24) is 0 Å². The molecule has 1 amide bonds. The number of hydrogen-bond donors (Lipinski definition) is 3. The largest absolute Gasteiger partial charge is 0.478 e. The molecule has 0 aromatic heterocycles. The number of anilines is 2. The summed E-state index contributed by atoms with van der Waals surface area (Å²) in [5.41, 5.74) is 2.05. The van der Waals surface area contributed by atoms with Gasteiger partial charge in [-0.3, -0.25) is 4.79 Å². The third kappa shape index (κ3) is 3.98. The van der Waals surface area contributed by atoms with Crippen LogP contribution in [0.15, 0.2) is 24.3 Å². The number of rotatable bonds is 4. The molecule has 0 radical (unpaired) electrons. The third-order valence-electron chi connectivity index (χ3n) is 2.06. The average Bonchev–Trinajstić information content (AvgIpc) is 2.26. The van der Waals surface area contributed by atoms with Crippen molar-refractivity contribution in [3.8, 4) is 0 Å². The summed E-state index contributed by atoms with van der Waals surface area (Å²) in [7, 11) is 1.76. The SMILES string of the molecule is CNc1ccc(/C=C/C(=O)O)c(NC(C)=O)c1. The Hall–Kier alpha value is -2.30. The smallest absolute Gasteiger partial charge is 0.328 e. The Morgan fingerprint density at radius 2 is 2.06 bits per heavy atom. The van der Waals surface area contributed by atoms with E-state index in [4.69, 9.17) is 5.11 Å². The number of nitrogens with one attached hydrogen (secondary N) is 2. The van der Waals surface area contributed by atoms with E-state index in [1.807, 2.05) is 0 Å². The van der Waals surface area contributed by atoms with Gasteiger partial charge in [0.1, 0.15) is 0 Å². The molecule has 0 unspecified atom stereocenters. The van der Waals surface area contributed by atoms with Crippen molar-refractivity contribution in [3.63, 3.8) is 0 Å². The van der Waals surface area contributed by atoms with E-state index in [9.17, 15) is 9.59 Å². The topological polar surface area (TPSA) is 78.4 Å². The molecule has 1 aromatic carbocycles. The van der Waals surface area contributed by atoms with E-state index in [1.54, 1.807) is 25.2 Å². The summed E-state index contributed by atoms with van der Waals surface area (Å²) in [5, 5.41) is 14.2. The maximum Gasteiger partial charge on any atom is 0.328 e. The molecule has 1 aromatic rings. The van der Waals surface area contributed by atoms with Crippen LogP contribution in [0.3, 0.4) is 0 Å². The summed E-state index contributed by atoms with van der Waals surface area (Å²) in [6.07, 6.45) is 2.47. The van der Waals surface area contributed by atoms with Crippen LogP contribution < -0.4 is 10.6 Å². The average molecular weight is 234 g/mol. The molecule has 17 heavy (non-hydrogen) atoms. The van der Waals surface area contributed by atoms with Crippen LogP contribution in [0.1, 0.15) is 12.5 Å². The van der Waals surface area contributed by atoms with Crippen molar-refractivity contribution < 1.29 is 14.7 Å². The number of carbonyl (C=O) groups excluding carboxylic acids is 1. The fourth-order valence-corrected chi connectivity index (χ4v) is 1.32. The van der Waals surface area contributed by atoms with Crippen molar-refractivity contribution in [2.24, 2.45) is 0 Å². The van der Waals surface area contributed by atoms with Gasteiger partial charge in [-0.05, 0) is 23.8 Å². The predicted octanol–water partition coefficient (Wildman–Crippen LogP) is 1.78. The highest BCUT2D eigenvalue weighted by molar-refractivity contribution is 5.94. The van der Waals surface area contributed by atoms with E-state index in [0.717, 1.165) is 11.8 Å². The highest BCUT2D eigenvalue weighted by atomic mass is 16.4. The predicted molar refractivity (Wildman–Crippen MR) is 67.0 cm³/mol. The number of hydrogen-bond acceptors (Lipinski definition) is 3. The molecule has 0 aliphatic rings. The molecular formula is C12H14N2O3. The molecule has 0 saturated heterocycles. The zero-order chi connectivity index (χ0) is 12.8. The van der Waals surface area contributed by atoms with Crippen molar-refractivity contribution in [2.75, 3.05) is 17.7 Å². The van der Waals surface area contributed by atoms with Crippen LogP contribution in [-0.4, -0.2) is 24.0 Å². The summed E-state index contributed by atoms with van der Waals surface area (Å²) in [5.74, 6) is -1.24. The fourth-order valence-electron chi connectivity index (χ4n) is 1.32. The standard InChI is InChI=1S/C12H14N2O3/c1-8(15)14-11-7-10(13-2)5-3-9(11)4-6-12(16)17/h3-7,13H,1-2H3,(H,14,15)(H,16,17)/b6-4+. The van der Waals surface area contributed by atoms with Crippen LogP contribution in [0, 0.1) is 0 Å². The van der Waals surface area contributed by atoms with Gasteiger partial charge >= 0.3 is 5.97 Å². The summed E-state index contributed by atoms with van der Waals surface area (Å²) < 4.78 is 0. The van der Waals surface area contributed by atoms with Crippen molar-refractivity contribution in [2.45, 2.75) is 6.92 Å². The van der Waals surface area contributed by atoms with Gasteiger partial charge in [-0.2, -0.15) is 0 Å². The van der Waals surface area contributed by atoms with Gasteiger partial charge in [-0.25, -0.2) is 4.79 Å². The van der Waals surface area contributed by atoms with E-state index in [0.29, 0.717) is 11.3 Å². The van der Waals surface area contributed by atoms with E-state index in [-0.39, 0.29) is 5.91 Å². The highest BCUT2D eigenvalue weighted by Gasteiger charge is 2.03. The first-order chi connectivity index (χ1) is 8.02. The molecule has 3 N–H and O–H groups in total. The van der Waals surface area contributed by atoms with Gasteiger partial charge in [0.05, 0.1) is 5.69 Å². The van der Waals surface area contributed by atoms with E-state index in [2.05, 4.69) is 10.6 Å². The van der Waals surface area contributed by atoms with Gasteiger partial charge in [0, 0.05) is 25.7 Å². The van der Waals surface area contributed by atoms with E-state index in [1.165, 1.54) is 13.0 Å². The van der Waals surface area contributed by atoms with Crippen molar-refractivity contribution in [3.05, 3.63) is 29.8 Å². The van der Waals surface area contributed by atoms with Crippen LogP contribution in [0.25, 0.3) is 6.08 Å². The molecule has 0 saturated carbocycles. The van der Waals surface area contributed by atoms with Crippen molar-refractivity contribution >= 4 is 29.3 Å². The zero-order valence-electron chi connectivity index (χ0n) is 9.65. The Balaban J connectivity index is 3.09. The molecule has 0 atom stereocenters. The summed E-state index contributed by atoms with van der Waals surface area (Å²) in [6, 6.07) is 5.27. The Morgan fingerprint density at radius 1 is 1.35 bits per heavy atom. The lowest BCUT2D eigenvalue weighted by Gasteiger charge is -2.09. The monoisotopic (exact) mass is 234 g/mol. The molecule has 90 valence electrons. The fraction of sp³-hybridized carbons (Fsp3) is 0.167. The van der Waals surface area contributed by atoms with E-state index >= 15 is 0 Å². The van der Waals surface area contributed by atoms with Gasteiger partial charge in [-0.15, -0.1) is 0 Å². The van der Waals surface area contributed by atoms with Gasteiger partial charge in [0.25, 0.3) is 0 Å². The quantitative estimate of drug-likeness (QED) is 0.694.